The van der Waals surface area contributed by atoms with Crippen LogP contribution in [0.25, 0.3) is 10.9 Å². The van der Waals surface area contributed by atoms with Crippen molar-refractivity contribution in [2.45, 2.75) is 24.8 Å². The zero-order chi connectivity index (χ0) is 15.6. The zero-order valence-electron chi connectivity index (χ0n) is 11.7. The first-order valence-corrected chi connectivity index (χ1v) is 7.85. The van der Waals surface area contributed by atoms with Crippen molar-refractivity contribution in [3.05, 3.63) is 36.5 Å². The average Bonchev–Trinajstić information content (AvgIpc) is 2.43. The van der Waals surface area contributed by atoms with E-state index in [0.29, 0.717) is 10.9 Å². The molecule has 1 heterocycles. The number of benzene rings is 1. The van der Waals surface area contributed by atoms with Gasteiger partial charge in [-0.05, 0) is 38.1 Å². The van der Waals surface area contributed by atoms with Crippen LogP contribution in [0, 0.1) is 0 Å². The lowest BCUT2D eigenvalue weighted by Gasteiger charge is -2.24. The van der Waals surface area contributed by atoms with Crippen LogP contribution in [0.2, 0.25) is 0 Å². The smallest absolute Gasteiger partial charge is 0.318 e. The number of fused-ring (bicyclic) bond motifs is 1. The molecule has 0 fully saturated rings. The number of carboxylic acids is 1. The molecule has 0 saturated carbocycles. The Morgan fingerprint density at radius 2 is 2.00 bits per heavy atom. The summed E-state index contributed by atoms with van der Waals surface area (Å²) in [6.45, 7) is 2.71. The normalized spacial score (nSPS) is 12.2. The van der Waals surface area contributed by atoms with Crippen LogP contribution in [0.4, 0.5) is 0 Å². The predicted molar refractivity (Wildman–Crippen MR) is 78.4 cm³/mol. The number of pyridine rings is 1. The maximum atomic E-state index is 12.8. The molecule has 7 heteroatoms. The Balaban J connectivity index is 2.62. The molecule has 0 bridgehead atoms. The molecule has 2 rings (SSSR count). The van der Waals surface area contributed by atoms with Crippen LogP contribution >= 0.6 is 0 Å². The monoisotopic (exact) mass is 308 g/mol. The molecule has 0 aliphatic heterocycles. The number of nitrogens with zero attached hydrogens (tertiary/aromatic N) is 2. The van der Waals surface area contributed by atoms with Gasteiger partial charge in [-0.25, -0.2) is 8.42 Å². The van der Waals surface area contributed by atoms with Crippen LogP contribution < -0.4 is 0 Å². The molecule has 21 heavy (non-hydrogen) atoms. The van der Waals surface area contributed by atoms with Crippen LogP contribution in [-0.4, -0.2) is 41.4 Å². The molecule has 2 aromatic rings. The summed E-state index contributed by atoms with van der Waals surface area (Å²) in [4.78, 5) is 15.1. The van der Waals surface area contributed by atoms with Gasteiger partial charge in [-0.2, -0.15) is 4.31 Å². The first kappa shape index (κ1) is 15.4. The highest BCUT2D eigenvalue weighted by Crippen LogP contribution is 2.25. The Hall–Kier alpha value is -1.99. The van der Waals surface area contributed by atoms with Gasteiger partial charge < -0.3 is 5.11 Å². The Labute approximate surface area is 123 Å². The molecule has 0 atom stereocenters. The maximum absolute atomic E-state index is 12.8. The van der Waals surface area contributed by atoms with Gasteiger partial charge in [0.2, 0.25) is 10.0 Å². The lowest BCUT2D eigenvalue weighted by Crippen LogP contribution is -2.40. The molecule has 0 aliphatic carbocycles. The van der Waals surface area contributed by atoms with Gasteiger partial charge in [0.05, 0.1) is 10.4 Å². The van der Waals surface area contributed by atoms with E-state index in [1.165, 1.54) is 6.07 Å². The third kappa shape index (κ3) is 3.03. The van der Waals surface area contributed by atoms with E-state index in [1.54, 1.807) is 44.3 Å². The summed E-state index contributed by atoms with van der Waals surface area (Å²) >= 11 is 0. The van der Waals surface area contributed by atoms with Gasteiger partial charge in [-0.3, -0.25) is 9.78 Å². The highest BCUT2D eigenvalue weighted by molar-refractivity contribution is 7.89. The van der Waals surface area contributed by atoms with Gasteiger partial charge in [0.15, 0.2) is 0 Å². The lowest BCUT2D eigenvalue weighted by atomic mass is 10.2. The maximum Gasteiger partial charge on any atom is 0.318 e. The molecule has 1 aromatic carbocycles. The molecule has 1 N–H and O–H groups in total. The van der Waals surface area contributed by atoms with E-state index < -0.39 is 28.6 Å². The van der Waals surface area contributed by atoms with Gasteiger partial charge in [-0.1, -0.05) is 6.07 Å². The van der Waals surface area contributed by atoms with Gasteiger partial charge in [0.1, 0.15) is 6.54 Å². The second-order valence-electron chi connectivity index (χ2n) is 4.86. The van der Waals surface area contributed by atoms with Crippen molar-refractivity contribution >= 4 is 26.9 Å². The van der Waals surface area contributed by atoms with Crippen LogP contribution in [0.5, 0.6) is 0 Å². The van der Waals surface area contributed by atoms with Crippen LogP contribution in [0.3, 0.4) is 0 Å². The number of hydrogen-bond donors (Lipinski definition) is 1. The Bertz CT molecular complexity index is 766. The number of sulfonamides is 1. The van der Waals surface area contributed by atoms with Crippen molar-refractivity contribution in [3.8, 4) is 0 Å². The summed E-state index contributed by atoms with van der Waals surface area (Å²) in [5.74, 6) is -1.19. The van der Waals surface area contributed by atoms with Crippen LogP contribution in [-0.2, 0) is 14.8 Å². The first-order valence-electron chi connectivity index (χ1n) is 6.41. The molecule has 0 saturated heterocycles. The standard InChI is InChI=1S/C14H16N2O4S/c1-10(2)16(9-14(17)18)21(19,20)13-7-3-6-12-11(13)5-4-8-15-12/h3-8,10H,9H2,1-2H3,(H,17,18). The Morgan fingerprint density at radius 3 is 2.62 bits per heavy atom. The van der Waals surface area contributed by atoms with Crippen LogP contribution in [0.1, 0.15) is 13.8 Å². The van der Waals surface area contributed by atoms with Crippen molar-refractivity contribution in [1.29, 1.82) is 0 Å². The van der Waals surface area contributed by atoms with E-state index in [2.05, 4.69) is 4.98 Å². The fraction of sp³-hybridized carbons (Fsp3) is 0.286. The molecule has 1 aromatic heterocycles. The van der Waals surface area contributed by atoms with Crippen molar-refractivity contribution in [2.75, 3.05) is 6.54 Å². The van der Waals surface area contributed by atoms with E-state index in [-0.39, 0.29) is 4.90 Å². The molecule has 6 nitrogen and oxygen atoms in total. The molecule has 0 radical (unpaired) electrons. The summed E-state index contributed by atoms with van der Waals surface area (Å²) < 4.78 is 26.5. The van der Waals surface area contributed by atoms with Crippen LogP contribution in [0.15, 0.2) is 41.4 Å². The summed E-state index contributed by atoms with van der Waals surface area (Å²) in [5.41, 5.74) is 0.553. The summed E-state index contributed by atoms with van der Waals surface area (Å²) in [6.07, 6.45) is 1.58. The van der Waals surface area contributed by atoms with E-state index in [9.17, 15) is 13.2 Å². The van der Waals surface area contributed by atoms with E-state index in [1.807, 2.05) is 0 Å². The van der Waals surface area contributed by atoms with Gasteiger partial charge in [0, 0.05) is 17.6 Å². The van der Waals surface area contributed by atoms with Gasteiger partial charge >= 0.3 is 5.97 Å². The third-order valence-corrected chi connectivity index (χ3v) is 5.14. The predicted octanol–water partition coefficient (Wildman–Crippen LogP) is 1.72. The first-order chi connectivity index (χ1) is 9.84. The SMILES string of the molecule is CC(C)N(CC(=O)O)S(=O)(=O)c1cccc2ncccc12. The summed E-state index contributed by atoms with van der Waals surface area (Å²) in [6, 6.07) is 7.63. The highest BCUT2D eigenvalue weighted by Gasteiger charge is 2.30. The second-order valence-corrected chi connectivity index (χ2v) is 6.72. The van der Waals surface area contributed by atoms with Crippen molar-refractivity contribution < 1.29 is 18.3 Å². The molecular formula is C14H16N2O4S. The second kappa shape index (κ2) is 5.79. The topological polar surface area (TPSA) is 87.6 Å². The van der Waals surface area contributed by atoms with Crippen molar-refractivity contribution in [1.82, 2.24) is 9.29 Å². The third-order valence-electron chi connectivity index (χ3n) is 3.06. The zero-order valence-corrected chi connectivity index (χ0v) is 12.5. The summed E-state index contributed by atoms with van der Waals surface area (Å²) in [7, 11) is -3.91. The van der Waals surface area contributed by atoms with E-state index in [0.717, 1.165) is 4.31 Å². The quantitative estimate of drug-likeness (QED) is 0.908. The van der Waals surface area contributed by atoms with E-state index >= 15 is 0 Å². The van der Waals surface area contributed by atoms with Gasteiger partial charge in [-0.15, -0.1) is 0 Å². The van der Waals surface area contributed by atoms with Gasteiger partial charge in [0.25, 0.3) is 0 Å². The number of rotatable bonds is 5. The Kier molecular flexibility index (Phi) is 4.24. The molecule has 0 unspecified atom stereocenters. The Morgan fingerprint density at radius 1 is 1.29 bits per heavy atom. The fourth-order valence-corrected chi connectivity index (χ4v) is 3.89. The minimum absolute atomic E-state index is 0.0723. The number of aromatic nitrogens is 1. The number of aliphatic carboxylic acids is 1. The molecule has 0 spiro atoms. The van der Waals surface area contributed by atoms with E-state index in [4.69, 9.17) is 5.11 Å². The fourth-order valence-electron chi connectivity index (χ4n) is 2.10. The van der Waals surface area contributed by atoms with Crippen molar-refractivity contribution in [2.24, 2.45) is 0 Å². The molecular weight excluding hydrogens is 292 g/mol. The average molecular weight is 308 g/mol. The van der Waals surface area contributed by atoms with Crippen molar-refractivity contribution in [3.63, 3.8) is 0 Å². The number of carbonyl (C=O) groups is 1. The number of hydrogen-bond acceptors (Lipinski definition) is 4. The molecule has 112 valence electrons. The minimum atomic E-state index is -3.91. The number of carboxylic acid groups (broad SMARTS) is 1. The lowest BCUT2D eigenvalue weighted by molar-refractivity contribution is -0.137. The summed E-state index contributed by atoms with van der Waals surface area (Å²) in [5, 5.41) is 9.42. The molecule has 0 amide bonds. The largest absolute Gasteiger partial charge is 0.480 e. The highest BCUT2D eigenvalue weighted by atomic mass is 32.2. The molecule has 0 aliphatic rings. The minimum Gasteiger partial charge on any atom is -0.480 e.